The maximum Gasteiger partial charge on any atom is 0.335 e. The maximum atomic E-state index is 12.2. The zero-order valence-electron chi connectivity index (χ0n) is 10.3. The van der Waals surface area contributed by atoms with Gasteiger partial charge >= 0.3 is 5.97 Å². The highest BCUT2D eigenvalue weighted by atomic mass is 79.9. The molecule has 0 unspecified atom stereocenters. The average molecular weight is 455 g/mol. The second kappa shape index (κ2) is 6.57. The van der Waals surface area contributed by atoms with Crippen molar-refractivity contribution in [2.75, 3.05) is 0 Å². The van der Waals surface area contributed by atoms with E-state index < -0.39 is 16.0 Å². The number of carboxylic acids is 1. The van der Waals surface area contributed by atoms with Crippen molar-refractivity contribution in [3.8, 4) is 0 Å². The summed E-state index contributed by atoms with van der Waals surface area (Å²) in [7, 11) is -3.72. The van der Waals surface area contributed by atoms with Gasteiger partial charge in [-0.1, -0.05) is 0 Å². The number of carboxylic acid groups (broad SMARTS) is 1. The quantitative estimate of drug-likeness (QED) is 0.724. The minimum absolute atomic E-state index is 0.00289. The van der Waals surface area contributed by atoms with Gasteiger partial charge < -0.3 is 5.11 Å². The van der Waals surface area contributed by atoms with Crippen LogP contribution in [0.3, 0.4) is 0 Å². The lowest BCUT2D eigenvalue weighted by Gasteiger charge is -2.08. The van der Waals surface area contributed by atoms with Crippen LogP contribution in [0.5, 0.6) is 0 Å². The minimum Gasteiger partial charge on any atom is -0.478 e. The van der Waals surface area contributed by atoms with E-state index >= 15 is 0 Å². The van der Waals surface area contributed by atoms with Crippen LogP contribution in [0, 0.1) is 0 Å². The number of aromatic carboxylic acids is 1. The Morgan fingerprint density at radius 3 is 2.48 bits per heavy atom. The summed E-state index contributed by atoms with van der Waals surface area (Å²) in [5.74, 6) is -1.11. The Morgan fingerprint density at radius 1 is 1.24 bits per heavy atom. The van der Waals surface area contributed by atoms with Crippen LogP contribution in [-0.2, 0) is 16.6 Å². The van der Waals surface area contributed by atoms with Gasteiger partial charge in [-0.05, 0) is 62.2 Å². The molecule has 0 aliphatic heterocycles. The average Bonchev–Trinajstić information content (AvgIpc) is 2.82. The molecule has 21 heavy (non-hydrogen) atoms. The summed E-state index contributed by atoms with van der Waals surface area (Å²) in [6, 6.07) is 7.44. The minimum atomic E-state index is -3.72. The molecule has 0 radical (unpaired) electrons. The first-order valence-corrected chi connectivity index (χ1v) is 9.45. The molecular formula is C12H9Br2NO4S2. The number of carbonyl (C=O) groups is 1. The highest BCUT2D eigenvalue weighted by Gasteiger charge is 2.19. The SMILES string of the molecule is O=C(O)c1ccc(S(=O)(=O)NCc2ccc(Br)s2)c(Br)c1. The summed E-state index contributed by atoms with van der Waals surface area (Å²) >= 11 is 7.84. The lowest BCUT2D eigenvalue weighted by atomic mass is 10.2. The van der Waals surface area contributed by atoms with Crippen LogP contribution in [0.15, 0.2) is 43.5 Å². The second-order valence-corrected chi connectivity index (χ2v) is 9.12. The smallest absolute Gasteiger partial charge is 0.335 e. The van der Waals surface area contributed by atoms with Crippen LogP contribution >= 0.6 is 43.2 Å². The van der Waals surface area contributed by atoms with Crippen LogP contribution in [0.4, 0.5) is 0 Å². The molecule has 1 heterocycles. The Labute approximate surface area is 142 Å². The second-order valence-electron chi connectivity index (χ2n) is 3.98. The zero-order valence-corrected chi connectivity index (χ0v) is 15.1. The van der Waals surface area contributed by atoms with Gasteiger partial charge in [0.1, 0.15) is 0 Å². The van der Waals surface area contributed by atoms with Crippen molar-refractivity contribution in [1.82, 2.24) is 4.72 Å². The Morgan fingerprint density at radius 2 is 1.95 bits per heavy atom. The fourth-order valence-electron chi connectivity index (χ4n) is 1.54. The van der Waals surface area contributed by atoms with Crippen LogP contribution in [0.1, 0.15) is 15.2 Å². The molecule has 1 aromatic carbocycles. The highest BCUT2D eigenvalue weighted by molar-refractivity contribution is 9.11. The third-order valence-electron chi connectivity index (χ3n) is 2.53. The van der Waals surface area contributed by atoms with E-state index in [0.717, 1.165) is 8.66 Å². The monoisotopic (exact) mass is 453 g/mol. The maximum absolute atomic E-state index is 12.2. The molecule has 2 aromatic rings. The first-order valence-electron chi connectivity index (χ1n) is 5.56. The number of nitrogens with one attached hydrogen (secondary N) is 1. The number of hydrogen-bond acceptors (Lipinski definition) is 4. The van der Waals surface area contributed by atoms with Crippen molar-refractivity contribution in [2.45, 2.75) is 11.4 Å². The Balaban J connectivity index is 2.21. The standard InChI is InChI=1S/C12H9Br2NO4S2/c13-9-5-7(12(16)17)1-3-10(9)21(18,19)15-6-8-2-4-11(14)20-8/h1-5,15H,6H2,(H,16,17). The van der Waals surface area contributed by atoms with E-state index in [1.165, 1.54) is 29.5 Å². The molecule has 2 rings (SSSR count). The number of sulfonamides is 1. The third kappa shape index (κ3) is 4.13. The largest absolute Gasteiger partial charge is 0.478 e. The molecule has 0 amide bonds. The predicted octanol–water partition coefficient (Wildman–Crippen LogP) is 3.45. The Hall–Kier alpha value is -0.740. The molecular weight excluding hydrogens is 446 g/mol. The molecule has 9 heteroatoms. The number of benzene rings is 1. The Kier molecular flexibility index (Phi) is 5.20. The van der Waals surface area contributed by atoms with Gasteiger partial charge in [0, 0.05) is 15.9 Å². The molecule has 0 saturated carbocycles. The normalized spacial score (nSPS) is 11.5. The van der Waals surface area contributed by atoms with Gasteiger partial charge in [0.25, 0.3) is 0 Å². The van der Waals surface area contributed by atoms with Gasteiger partial charge in [0.2, 0.25) is 10.0 Å². The summed E-state index contributed by atoms with van der Waals surface area (Å²) in [5.41, 5.74) is 0.0167. The molecule has 0 atom stereocenters. The van der Waals surface area contributed by atoms with Gasteiger partial charge in [-0.25, -0.2) is 17.9 Å². The summed E-state index contributed by atoms with van der Waals surface area (Å²) in [5, 5.41) is 8.87. The van der Waals surface area contributed by atoms with Crippen molar-refractivity contribution < 1.29 is 18.3 Å². The molecule has 0 aliphatic carbocycles. The van der Waals surface area contributed by atoms with E-state index in [1.54, 1.807) is 0 Å². The van der Waals surface area contributed by atoms with E-state index in [1.807, 2.05) is 12.1 Å². The molecule has 0 bridgehead atoms. The number of hydrogen-bond donors (Lipinski definition) is 2. The fraction of sp³-hybridized carbons (Fsp3) is 0.0833. The van der Waals surface area contributed by atoms with Gasteiger partial charge in [0.05, 0.1) is 14.2 Å². The van der Waals surface area contributed by atoms with Crippen LogP contribution < -0.4 is 4.72 Å². The molecule has 0 spiro atoms. The molecule has 112 valence electrons. The number of rotatable bonds is 5. The molecule has 0 aliphatic rings. The highest BCUT2D eigenvalue weighted by Crippen LogP contribution is 2.25. The fourth-order valence-corrected chi connectivity index (χ4v) is 5.14. The van der Waals surface area contributed by atoms with Gasteiger partial charge in [-0.3, -0.25) is 0 Å². The van der Waals surface area contributed by atoms with Gasteiger partial charge in [-0.15, -0.1) is 11.3 Å². The summed E-state index contributed by atoms with van der Waals surface area (Å²) in [6.07, 6.45) is 0. The zero-order chi connectivity index (χ0) is 15.6. The number of thiophene rings is 1. The van der Waals surface area contributed by atoms with Gasteiger partial charge in [0.15, 0.2) is 0 Å². The third-order valence-corrected chi connectivity index (χ3v) is 6.54. The topological polar surface area (TPSA) is 83.5 Å². The van der Waals surface area contributed by atoms with E-state index in [0.29, 0.717) is 0 Å². The van der Waals surface area contributed by atoms with Crippen LogP contribution in [0.25, 0.3) is 0 Å². The molecule has 0 fully saturated rings. The summed E-state index contributed by atoms with van der Waals surface area (Å²) in [6.45, 7) is 0.172. The summed E-state index contributed by atoms with van der Waals surface area (Å²) in [4.78, 5) is 11.7. The molecule has 0 saturated heterocycles. The van der Waals surface area contributed by atoms with Crippen LogP contribution in [0.2, 0.25) is 0 Å². The van der Waals surface area contributed by atoms with Crippen molar-refractivity contribution >= 4 is 59.2 Å². The van der Waals surface area contributed by atoms with Crippen molar-refractivity contribution in [1.29, 1.82) is 0 Å². The van der Waals surface area contributed by atoms with E-state index in [-0.39, 0.29) is 21.5 Å². The van der Waals surface area contributed by atoms with Gasteiger partial charge in [-0.2, -0.15) is 0 Å². The van der Waals surface area contributed by atoms with E-state index in [9.17, 15) is 13.2 Å². The molecule has 2 N–H and O–H groups in total. The van der Waals surface area contributed by atoms with E-state index in [2.05, 4.69) is 36.6 Å². The van der Waals surface area contributed by atoms with Crippen molar-refractivity contribution in [3.63, 3.8) is 0 Å². The van der Waals surface area contributed by atoms with Crippen molar-refractivity contribution in [2.24, 2.45) is 0 Å². The van der Waals surface area contributed by atoms with Crippen LogP contribution in [-0.4, -0.2) is 19.5 Å². The predicted molar refractivity (Wildman–Crippen MR) is 87.1 cm³/mol. The molecule has 1 aromatic heterocycles. The first kappa shape index (κ1) is 16.6. The Bertz CT molecular complexity index is 786. The first-order chi connectivity index (χ1) is 9.79. The molecule has 5 nitrogen and oxygen atoms in total. The summed E-state index contributed by atoms with van der Waals surface area (Å²) < 4.78 is 28.0. The lowest BCUT2D eigenvalue weighted by Crippen LogP contribution is -2.23. The van der Waals surface area contributed by atoms with E-state index in [4.69, 9.17) is 5.11 Å². The van der Waals surface area contributed by atoms with Crippen molar-refractivity contribution in [3.05, 3.63) is 49.0 Å². The lowest BCUT2D eigenvalue weighted by molar-refractivity contribution is 0.0696. The number of halogens is 2.